The van der Waals surface area contributed by atoms with Gasteiger partial charge >= 0.3 is 0 Å². The van der Waals surface area contributed by atoms with Gasteiger partial charge in [-0.3, -0.25) is 0 Å². The summed E-state index contributed by atoms with van der Waals surface area (Å²) in [6.45, 7) is 0. The molecule has 0 aliphatic heterocycles. The third-order valence-electron chi connectivity index (χ3n) is 7.55. The molecule has 0 aliphatic carbocycles. The van der Waals surface area contributed by atoms with Crippen molar-refractivity contribution < 1.29 is 11.3 Å². The molecule has 0 bridgehead atoms. The van der Waals surface area contributed by atoms with E-state index in [4.69, 9.17) is 11.3 Å². The van der Waals surface area contributed by atoms with E-state index in [1.54, 1.807) is 0 Å². The first-order chi connectivity index (χ1) is 21.4. The summed E-state index contributed by atoms with van der Waals surface area (Å²) in [7, 11) is 0. The first-order valence-corrected chi connectivity index (χ1v) is 13.0. The predicted molar refractivity (Wildman–Crippen MR) is 165 cm³/mol. The van der Waals surface area contributed by atoms with Crippen LogP contribution >= 0.6 is 0 Å². The summed E-state index contributed by atoms with van der Waals surface area (Å²) >= 11 is 0. The fraction of sp³-hybridized carbons (Fsp3) is 0. The van der Waals surface area contributed by atoms with Crippen LogP contribution in [0.4, 0.5) is 0 Å². The van der Waals surface area contributed by atoms with Gasteiger partial charge in [0.25, 0.3) is 0 Å². The van der Waals surface area contributed by atoms with Crippen molar-refractivity contribution in [3.63, 3.8) is 0 Å². The minimum Gasteiger partial charge on any atom is -0.455 e. The predicted octanol–water partition coefficient (Wildman–Crippen LogP) is 10.9. The van der Waals surface area contributed by atoms with Gasteiger partial charge in [0.05, 0.1) is 6.85 Å². The van der Waals surface area contributed by atoms with Crippen LogP contribution in [0.25, 0.3) is 76.9 Å². The standard InChI is InChI=1S/C38H24O/c1-3-12-25(13-4-1)28-20-11-21-33-34-24-27(22-23-35(34)39-38(28)33)37-31-18-9-7-16-29(31)36(26-14-5-2-6-15-26)30-17-8-10-19-32(30)37/h1-24H/i2D,5D,6D,14D,15D. The quantitative estimate of drug-likeness (QED) is 0.219. The van der Waals surface area contributed by atoms with Crippen molar-refractivity contribution in [1.29, 1.82) is 0 Å². The Morgan fingerprint density at radius 3 is 1.69 bits per heavy atom. The van der Waals surface area contributed by atoms with Crippen LogP contribution in [-0.2, 0) is 0 Å². The maximum atomic E-state index is 8.79. The lowest BCUT2D eigenvalue weighted by Gasteiger charge is -2.17. The van der Waals surface area contributed by atoms with Gasteiger partial charge in [-0.15, -0.1) is 0 Å². The third kappa shape index (κ3) is 3.41. The fourth-order valence-corrected chi connectivity index (χ4v) is 5.88. The minimum absolute atomic E-state index is 0.208. The second kappa shape index (κ2) is 8.72. The lowest BCUT2D eigenvalue weighted by Crippen LogP contribution is -1.90. The van der Waals surface area contributed by atoms with E-state index in [9.17, 15) is 0 Å². The molecule has 0 unspecified atom stereocenters. The van der Waals surface area contributed by atoms with Gasteiger partial charge in [-0.05, 0) is 61.5 Å². The third-order valence-corrected chi connectivity index (χ3v) is 7.55. The van der Waals surface area contributed by atoms with Crippen LogP contribution in [0, 0.1) is 0 Å². The van der Waals surface area contributed by atoms with Crippen LogP contribution in [0.2, 0.25) is 0 Å². The first-order valence-electron chi connectivity index (χ1n) is 15.5. The van der Waals surface area contributed by atoms with Crippen LogP contribution in [0.5, 0.6) is 0 Å². The highest BCUT2D eigenvalue weighted by molar-refractivity contribution is 6.22. The topological polar surface area (TPSA) is 13.1 Å². The van der Waals surface area contributed by atoms with E-state index in [0.29, 0.717) is 5.56 Å². The van der Waals surface area contributed by atoms with Gasteiger partial charge < -0.3 is 4.42 Å². The fourth-order valence-electron chi connectivity index (χ4n) is 5.88. The second-order valence-corrected chi connectivity index (χ2v) is 9.70. The monoisotopic (exact) mass is 501 g/mol. The zero-order valence-electron chi connectivity index (χ0n) is 25.9. The van der Waals surface area contributed by atoms with Gasteiger partial charge in [0.1, 0.15) is 11.2 Å². The lowest BCUT2D eigenvalue weighted by atomic mass is 9.86. The summed E-state index contributed by atoms with van der Waals surface area (Å²) in [6, 6.07) is 37.1. The van der Waals surface area contributed by atoms with E-state index in [-0.39, 0.29) is 29.7 Å². The molecule has 8 rings (SSSR count). The molecule has 0 radical (unpaired) electrons. The molecule has 0 spiro atoms. The van der Waals surface area contributed by atoms with Crippen molar-refractivity contribution in [1.82, 2.24) is 0 Å². The lowest BCUT2D eigenvalue weighted by molar-refractivity contribution is 0.670. The molecule has 0 N–H and O–H groups in total. The molecule has 0 saturated heterocycles. The van der Waals surface area contributed by atoms with Gasteiger partial charge in [-0.25, -0.2) is 0 Å². The van der Waals surface area contributed by atoms with E-state index in [2.05, 4.69) is 42.5 Å². The van der Waals surface area contributed by atoms with Crippen molar-refractivity contribution in [3.8, 4) is 33.4 Å². The van der Waals surface area contributed by atoms with Crippen molar-refractivity contribution in [2.24, 2.45) is 0 Å². The zero-order chi connectivity index (χ0) is 30.1. The number of hydrogen-bond donors (Lipinski definition) is 0. The number of hydrogen-bond acceptors (Lipinski definition) is 1. The second-order valence-electron chi connectivity index (χ2n) is 9.70. The normalized spacial score (nSPS) is 13.4. The maximum absolute atomic E-state index is 8.79. The Morgan fingerprint density at radius 1 is 0.436 bits per heavy atom. The largest absolute Gasteiger partial charge is 0.455 e. The number of para-hydroxylation sites is 1. The molecular weight excluding hydrogens is 472 g/mol. The van der Waals surface area contributed by atoms with Crippen LogP contribution < -0.4 is 0 Å². The molecule has 1 heterocycles. The Hall–Kier alpha value is -5.14. The molecule has 0 fully saturated rings. The summed E-state index contributed by atoms with van der Waals surface area (Å²) in [4.78, 5) is 0. The van der Waals surface area contributed by atoms with E-state index < -0.39 is 6.04 Å². The number of benzene rings is 7. The molecule has 0 saturated carbocycles. The molecule has 182 valence electrons. The molecule has 1 heteroatoms. The highest BCUT2D eigenvalue weighted by Crippen LogP contribution is 2.45. The molecule has 1 nitrogen and oxygen atoms in total. The van der Waals surface area contributed by atoms with Crippen LogP contribution in [0.3, 0.4) is 0 Å². The Balaban J connectivity index is 1.45. The zero-order valence-corrected chi connectivity index (χ0v) is 20.9. The summed E-state index contributed by atoms with van der Waals surface area (Å²) in [5.74, 6) is 0. The van der Waals surface area contributed by atoms with Gasteiger partial charge in [0.2, 0.25) is 0 Å². The van der Waals surface area contributed by atoms with Crippen molar-refractivity contribution in [2.75, 3.05) is 0 Å². The highest BCUT2D eigenvalue weighted by atomic mass is 16.3. The Bertz CT molecular complexity index is 2360. The molecule has 0 amide bonds. The first kappa shape index (κ1) is 17.4. The van der Waals surface area contributed by atoms with Crippen molar-refractivity contribution in [3.05, 3.63) is 145 Å². The van der Waals surface area contributed by atoms with Crippen LogP contribution in [-0.4, -0.2) is 0 Å². The van der Waals surface area contributed by atoms with Gasteiger partial charge in [-0.2, -0.15) is 0 Å². The molecule has 7 aromatic carbocycles. The van der Waals surface area contributed by atoms with Crippen molar-refractivity contribution >= 4 is 43.5 Å². The summed E-state index contributed by atoms with van der Waals surface area (Å²) in [6.07, 6.45) is 0. The Morgan fingerprint density at radius 2 is 1.03 bits per heavy atom. The average Bonchev–Trinajstić information content (AvgIpc) is 3.45. The molecule has 8 aromatic rings. The molecule has 0 aliphatic rings. The minimum atomic E-state index is -0.398. The van der Waals surface area contributed by atoms with Crippen LogP contribution in [0.1, 0.15) is 6.85 Å². The van der Waals surface area contributed by atoms with Gasteiger partial charge in [-0.1, -0.05) is 133 Å². The SMILES string of the molecule is [2H]c1c([2H])c([2H])c(-c2c3ccccc3c(-c3ccc4oc5c(-c6ccccc6)cccc5c4c3)c3ccccc23)c([2H])c1[2H]. The Kier molecular flexibility index (Phi) is 3.89. The number of fused-ring (bicyclic) bond motifs is 5. The average molecular weight is 502 g/mol. The van der Waals surface area contributed by atoms with Crippen molar-refractivity contribution in [2.45, 2.75) is 0 Å². The van der Waals surface area contributed by atoms with E-state index in [0.717, 1.165) is 65.7 Å². The van der Waals surface area contributed by atoms with E-state index in [1.807, 2.05) is 72.8 Å². The van der Waals surface area contributed by atoms with Gasteiger partial charge in [0.15, 0.2) is 0 Å². The summed E-state index contributed by atoms with van der Waals surface area (Å²) in [5.41, 5.74) is 6.65. The summed E-state index contributed by atoms with van der Waals surface area (Å²) in [5, 5.41) is 5.56. The van der Waals surface area contributed by atoms with E-state index in [1.165, 1.54) is 0 Å². The van der Waals surface area contributed by atoms with E-state index >= 15 is 0 Å². The summed E-state index contributed by atoms with van der Waals surface area (Å²) < 4.78 is 48.9. The highest BCUT2D eigenvalue weighted by Gasteiger charge is 2.18. The van der Waals surface area contributed by atoms with Gasteiger partial charge in [0, 0.05) is 16.3 Å². The number of rotatable bonds is 3. The number of furan rings is 1. The Labute approximate surface area is 233 Å². The van der Waals surface area contributed by atoms with Crippen LogP contribution in [0.15, 0.2) is 150 Å². The molecular formula is C38H24O. The molecule has 0 atom stereocenters. The maximum Gasteiger partial charge on any atom is 0.143 e. The molecule has 39 heavy (non-hydrogen) atoms. The molecule has 1 aromatic heterocycles. The smallest absolute Gasteiger partial charge is 0.143 e.